The number of nitrogens with zero attached hydrogens (tertiary/aromatic N) is 3. The molecule has 0 amide bonds. The number of aryl methyl sites for hydroxylation is 2. The van der Waals surface area contributed by atoms with Crippen LogP contribution in [0.5, 0.6) is 23.0 Å². The van der Waals surface area contributed by atoms with Crippen LogP contribution in [0.1, 0.15) is 81.2 Å². The summed E-state index contributed by atoms with van der Waals surface area (Å²) in [6.45, 7) is 5.96. The predicted octanol–water partition coefficient (Wildman–Crippen LogP) is 21.6. The van der Waals surface area contributed by atoms with Gasteiger partial charge >= 0.3 is 5.97 Å². The summed E-state index contributed by atoms with van der Waals surface area (Å²) in [5.41, 5.74) is 9.81. The van der Waals surface area contributed by atoms with E-state index in [9.17, 15) is 15.2 Å². The lowest BCUT2D eigenvalue weighted by molar-refractivity contribution is -0.132. The number of ether oxygens (including phenoxy) is 4. The molecule has 2 aliphatic rings. The minimum Gasteiger partial charge on any atom is -0.485 e. The number of aliphatic carboxylic acids is 1. The molecule has 87 heavy (non-hydrogen) atoms. The highest BCUT2D eigenvalue weighted by atomic mass is 32.1. The van der Waals surface area contributed by atoms with Gasteiger partial charge < -0.3 is 33.9 Å². The molecule has 0 unspecified atom stereocenters. The van der Waals surface area contributed by atoms with Crippen molar-refractivity contribution >= 4 is 113 Å². The van der Waals surface area contributed by atoms with Crippen LogP contribution in [0.25, 0.3) is 67.3 Å². The number of carboxylic acids is 1. The maximum absolute atomic E-state index is 12.1. The van der Waals surface area contributed by atoms with Gasteiger partial charge in [0, 0.05) is 53.6 Å². The zero-order valence-electron chi connectivity index (χ0n) is 48.7. The molecule has 0 atom stereocenters. The molecule has 0 radical (unpaired) electrons. The molecular weight excluding hydrogens is 1160 g/mol. The van der Waals surface area contributed by atoms with E-state index in [1.165, 1.54) is 77.6 Å². The molecule has 0 saturated carbocycles. The Morgan fingerprint density at radius 1 is 0.460 bits per heavy atom. The summed E-state index contributed by atoms with van der Waals surface area (Å²) in [6.07, 6.45) is 12.4. The van der Waals surface area contributed by atoms with Crippen molar-refractivity contribution in [2.24, 2.45) is 0 Å². The Balaban J connectivity index is 1.00. The molecule has 11 aromatic rings. The van der Waals surface area contributed by atoms with Gasteiger partial charge in [-0.05, 0) is 149 Å². The molecule has 6 heterocycles. The Morgan fingerprint density at radius 3 is 1.45 bits per heavy atom. The van der Waals surface area contributed by atoms with Gasteiger partial charge in [0.15, 0.2) is 23.0 Å². The number of rotatable bonds is 22. The summed E-state index contributed by atoms with van der Waals surface area (Å²) in [6, 6.07) is 66.3. The summed E-state index contributed by atoms with van der Waals surface area (Å²) in [7, 11) is 0. The zero-order chi connectivity index (χ0) is 59.2. The lowest BCUT2D eigenvalue weighted by atomic mass is 10.00. The first-order valence-electron chi connectivity index (χ1n) is 30.1. The fourth-order valence-electron chi connectivity index (χ4n) is 11.8. The largest absolute Gasteiger partial charge is 0.485 e. The number of unbranched alkanes of at least 4 members (excludes halogenated alkanes) is 6. The number of nitriles is 1. The summed E-state index contributed by atoms with van der Waals surface area (Å²) in [5, 5.41) is 24.3. The average molecular weight is 1220 g/mol. The second-order valence-corrected chi connectivity index (χ2v) is 26.1. The molecule has 0 aliphatic carbocycles. The Labute approximate surface area is 524 Å². The average Bonchev–Trinajstić information content (AvgIpc) is 2.19. The Kier molecular flexibility index (Phi) is 17.3. The summed E-state index contributed by atoms with van der Waals surface area (Å²) < 4.78 is 25.6. The number of para-hydroxylation sites is 2. The highest BCUT2D eigenvalue weighted by molar-refractivity contribution is 7.29. The maximum Gasteiger partial charge on any atom is 0.346 e. The van der Waals surface area contributed by atoms with Gasteiger partial charge in [-0.15, -0.1) is 45.3 Å². The molecule has 436 valence electrons. The van der Waals surface area contributed by atoms with Gasteiger partial charge in [-0.25, -0.2) is 4.79 Å². The van der Waals surface area contributed by atoms with E-state index in [4.69, 9.17) is 18.9 Å². The molecular formula is C74H65N3O6S4. The maximum atomic E-state index is 12.1. The second-order valence-electron chi connectivity index (χ2n) is 21.9. The van der Waals surface area contributed by atoms with E-state index in [0.29, 0.717) is 54.3 Å². The van der Waals surface area contributed by atoms with Crippen molar-refractivity contribution in [3.8, 4) is 68.8 Å². The summed E-state index contributed by atoms with van der Waals surface area (Å²) >= 11 is 6.66. The predicted molar refractivity (Wildman–Crippen MR) is 363 cm³/mol. The topological polar surface area (TPSA) is 104 Å². The summed E-state index contributed by atoms with van der Waals surface area (Å²) in [4.78, 5) is 24.8. The minimum atomic E-state index is -1.30. The van der Waals surface area contributed by atoms with Gasteiger partial charge in [-0.2, -0.15) is 5.26 Å². The molecule has 13 heteroatoms. The Hall–Kier alpha value is -8.64. The molecule has 0 fully saturated rings. The van der Waals surface area contributed by atoms with Crippen LogP contribution in [-0.4, -0.2) is 37.5 Å². The van der Waals surface area contributed by atoms with Crippen LogP contribution in [-0.2, 0) is 17.6 Å². The first kappa shape index (κ1) is 57.4. The smallest absolute Gasteiger partial charge is 0.346 e. The standard InChI is InChI=1S/C74H65N3O6S4/c1-3-5-7-11-25-52-43-63(70-53(26-12-8-6-4-2)44-64(86-70)71-67-68(83-38-37-82-67)73(87-71)72-66-65(80-35-36-81-66)62(84-72)45-55(47-75)74(78)79)85-69(52)54-41-60(76(56-27-13-9-14-28-56)58-33-31-48-21-17-19-23-50(48)39-58)46-61(42-54)77(57-29-15-10-16-30-57)59-34-32-49-22-18-20-24-51(49)40-59/h9-10,13-24,27-34,39-46H,3-8,11-12,25-26,35-38H2,1-2H3,(H,78,79)/b55-45-. The van der Waals surface area contributed by atoms with E-state index < -0.39 is 5.97 Å². The van der Waals surface area contributed by atoms with Crippen molar-refractivity contribution in [1.29, 1.82) is 5.26 Å². The van der Waals surface area contributed by atoms with Crippen molar-refractivity contribution in [3.63, 3.8) is 0 Å². The van der Waals surface area contributed by atoms with Gasteiger partial charge in [-0.1, -0.05) is 149 Å². The van der Waals surface area contributed by atoms with Gasteiger partial charge in [0.1, 0.15) is 38.1 Å². The van der Waals surface area contributed by atoms with E-state index in [-0.39, 0.29) is 5.57 Å². The first-order chi connectivity index (χ1) is 42.8. The third-order valence-electron chi connectivity index (χ3n) is 16.0. The number of carboxylic acid groups (broad SMARTS) is 1. The van der Waals surface area contributed by atoms with Crippen molar-refractivity contribution in [2.75, 3.05) is 36.2 Å². The van der Waals surface area contributed by atoms with E-state index >= 15 is 0 Å². The fraction of sp³-hybridized carbons (Fsp3) is 0.216. The van der Waals surface area contributed by atoms with E-state index in [2.05, 4.69) is 200 Å². The van der Waals surface area contributed by atoms with Crippen LogP contribution in [0.4, 0.5) is 34.1 Å². The van der Waals surface area contributed by atoms with Crippen LogP contribution in [0.3, 0.4) is 0 Å². The second kappa shape index (κ2) is 26.1. The third-order valence-corrected chi connectivity index (χ3v) is 21.2. The lowest BCUT2D eigenvalue weighted by Crippen LogP contribution is -2.15. The number of anilines is 6. The highest BCUT2D eigenvalue weighted by Crippen LogP contribution is 2.61. The van der Waals surface area contributed by atoms with Crippen LogP contribution in [0, 0.1) is 11.3 Å². The van der Waals surface area contributed by atoms with Crippen LogP contribution < -0.4 is 28.7 Å². The molecule has 13 rings (SSSR count). The lowest BCUT2D eigenvalue weighted by Gasteiger charge is -2.30. The molecule has 9 nitrogen and oxygen atoms in total. The number of benzene rings is 7. The SMILES string of the molecule is CCCCCCc1cc(-c2sc(-c3sc(-c4sc(/C=C(/C#N)C(=O)O)c5c4OCCO5)c4c3OCCO4)cc2CCCCCC)sc1-c1cc(N(c2ccccc2)c2ccc3ccccc3c2)cc(N(c2ccccc2)c2ccc3ccccc3c2)c1. The van der Waals surface area contributed by atoms with Crippen LogP contribution >= 0.6 is 45.3 Å². The number of hydrogen-bond donors (Lipinski definition) is 1. The minimum absolute atomic E-state index is 0.303. The summed E-state index contributed by atoms with van der Waals surface area (Å²) in [5.74, 6) is 0.984. The zero-order valence-corrected chi connectivity index (χ0v) is 51.9. The van der Waals surface area contributed by atoms with Crippen molar-refractivity contribution in [2.45, 2.75) is 78.1 Å². The van der Waals surface area contributed by atoms with Gasteiger partial charge in [0.2, 0.25) is 0 Å². The molecule has 2 aliphatic heterocycles. The van der Waals surface area contributed by atoms with Crippen LogP contribution in [0.15, 0.2) is 181 Å². The normalized spacial score (nSPS) is 12.8. The highest BCUT2D eigenvalue weighted by Gasteiger charge is 2.34. The molecule has 0 bridgehead atoms. The monoisotopic (exact) mass is 1220 g/mol. The molecule has 0 saturated heterocycles. The van der Waals surface area contributed by atoms with Gasteiger partial charge in [-0.3, -0.25) is 0 Å². The third kappa shape index (κ3) is 12.0. The van der Waals surface area contributed by atoms with E-state index in [1.807, 2.05) is 28.7 Å². The van der Waals surface area contributed by atoms with Gasteiger partial charge in [0.05, 0.1) is 19.5 Å². The van der Waals surface area contributed by atoms with Crippen molar-refractivity contribution in [1.82, 2.24) is 0 Å². The molecule has 7 aromatic carbocycles. The Morgan fingerprint density at radius 2 is 0.920 bits per heavy atom. The van der Waals surface area contributed by atoms with Crippen molar-refractivity contribution < 1.29 is 28.8 Å². The van der Waals surface area contributed by atoms with Crippen LogP contribution in [0.2, 0.25) is 0 Å². The first-order valence-corrected chi connectivity index (χ1v) is 33.4. The van der Waals surface area contributed by atoms with Crippen molar-refractivity contribution in [3.05, 3.63) is 198 Å². The quantitative estimate of drug-likeness (QED) is 0.0404. The van der Waals surface area contributed by atoms with Gasteiger partial charge in [0.25, 0.3) is 0 Å². The molecule has 1 N–H and O–H groups in total. The number of thiophene rings is 4. The molecule has 0 spiro atoms. The van der Waals surface area contributed by atoms with E-state index in [1.54, 1.807) is 11.3 Å². The van der Waals surface area contributed by atoms with E-state index in [0.717, 1.165) is 111 Å². The fourth-order valence-corrected chi connectivity index (χ4v) is 16.9. The number of fused-ring (bicyclic) bond motifs is 4. The Bertz CT molecular complexity index is 4220. The number of hydrogen-bond acceptors (Lipinski definition) is 12. The number of carbonyl (C=O) groups is 1. The molecule has 4 aromatic heterocycles.